The number of nitrogens with zero attached hydrogens (tertiary/aromatic N) is 2. The second kappa shape index (κ2) is 10.2. The molecule has 3 aliphatic carbocycles. The van der Waals surface area contributed by atoms with E-state index < -0.39 is 58.0 Å². The molecule has 0 aliphatic heterocycles. The van der Waals surface area contributed by atoms with E-state index in [9.17, 15) is 34.8 Å². The molecule has 1 aromatic carbocycles. The van der Waals surface area contributed by atoms with Crippen LogP contribution >= 0.6 is 0 Å². The van der Waals surface area contributed by atoms with E-state index in [4.69, 9.17) is 10.5 Å². The van der Waals surface area contributed by atoms with Crippen LogP contribution in [0.3, 0.4) is 0 Å². The fourth-order valence-electron chi connectivity index (χ4n) is 6.43. The summed E-state index contributed by atoms with van der Waals surface area (Å²) in [5, 5.41) is 45.5. The molecule has 1 aromatic rings. The van der Waals surface area contributed by atoms with Gasteiger partial charge in [0.2, 0.25) is 5.78 Å². The number of aromatic hydroxyl groups is 1. The minimum atomic E-state index is -2.67. The molecular weight excluding hydrogens is 506 g/mol. The van der Waals surface area contributed by atoms with Crippen LogP contribution in [-0.2, 0) is 38.7 Å². The molecule has 0 heterocycles. The number of ether oxygens (including phenoxy) is 1. The Morgan fingerprint density at radius 2 is 1.90 bits per heavy atom. The second-order valence-corrected chi connectivity index (χ2v) is 10.8. The fourth-order valence-corrected chi connectivity index (χ4v) is 6.43. The van der Waals surface area contributed by atoms with Crippen molar-refractivity contribution in [2.24, 2.45) is 17.6 Å². The highest BCUT2D eigenvalue weighted by atomic mass is 16.5. The van der Waals surface area contributed by atoms with Crippen molar-refractivity contribution in [3.63, 3.8) is 0 Å². The van der Waals surface area contributed by atoms with Gasteiger partial charge in [0.15, 0.2) is 11.4 Å². The van der Waals surface area contributed by atoms with Crippen LogP contribution in [0.25, 0.3) is 5.76 Å². The zero-order valence-corrected chi connectivity index (χ0v) is 22.5. The van der Waals surface area contributed by atoms with Crippen molar-refractivity contribution >= 4 is 23.2 Å². The Balaban J connectivity index is 1.95. The molecule has 0 saturated heterocycles. The van der Waals surface area contributed by atoms with Gasteiger partial charge in [0.25, 0.3) is 5.91 Å². The number of likely N-dealkylation sites (N-methyl/N-ethyl adjacent to an activating group) is 2. The summed E-state index contributed by atoms with van der Waals surface area (Å²) < 4.78 is 5.40. The minimum Gasteiger partial charge on any atom is -0.508 e. The average molecular weight is 542 g/mol. The number of phenols is 1. The van der Waals surface area contributed by atoms with Gasteiger partial charge in [0, 0.05) is 37.3 Å². The molecule has 4 rings (SSSR count). The van der Waals surface area contributed by atoms with Gasteiger partial charge >= 0.3 is 0 Å². The molecule has 1 amide bonds. The lowest BCUT2D eigenvalue weighted by molar-refractivity contribution is -0.153. The van der Waals surface area contributed by atoms with Crippen LogP contribution < -0.4 is 5.73 Å². The van der Waals surface area contributed by atoms with Crippen LogP contribution in [0.2, 0.25) is 0 Å². The Morgan fingerprint density at radius 3 is 2.46 bits per heavy atom. The van der Waals surface area contributed by atoms with Gasteiger partial charge in [0.1, 0.15) is 22.8 Å². The number of primary amides is 1. The van der Waals surface area contributed by atoms with Gasteiger partial charge in [-0.3, -0.25) is 24.2 Å². The monoisotopic (exact) mass is 541 g/mol. The zero-order valence-electron chi connectivity index (χ0n) is 22.5. The van der Waals surface area contributed by atoms with Crippen LogP contribution in [0.15, 0.2) is 35.6 Å². The maximum absolute atomic E-state index is 14.0. The molecule has 6 N–H and O–H groups in total. The zero-order chi connectivity index (χ0) is 29.0. The minimum absolute atomic E-state index is 0.0305. The molecule has 210 valence electrons. The molecule has 0 unspecified atom stereocenters. The van der Waals surface area contributed by atoms with Crippen LogP contribution in [0.5, 0.6) is 5.75 Å². The van der Waals surface area contributed by atoms with Gasteiger partial charge in [0.05, 0.1) is 18.2 Å². The first kappa shape index (κ1) is 28.5. The number of Topliss-reactive ketones (excluding diaryl/α,β-unsaturated/α-hetero) is 2. The molecule has 11 nitrogen and oxygen atoms in total. The van der Waals surface area contributed by atoms with Crippen molar-refractivity contribution in [3.8, 4) is 5.75 Å². The van der Waals surface area contributed by atoms with Crippen molar-refractivity contribution < 1.29 is 39.5 Å². The van der Waals surface area contributed by atoms with Gasteiger partial charge < -0.3 is 30.9 Å². The third kappa shape index (κ3) is 4.26. The molecule has 1 saturated carbocycles. The van der Waals surface area contributed by atoms with E-state index in [0.29, 0.717) is 29.8 Å². The highest BCUT2D eigenvalue weighted by molar-refractivity contribution is 6.24. The SMILES string of the molecule is C=CCN(C)Cc1cc(COC)c2c(c1O)C(O)=C1C(=O)[C@]3(O)C(O)=C(C(N)=O)C(=O)[C@@H](N(C)C)[C@@H]3C[C@@H]1C2. The summed E-state index contributed by atoms with van der Waals surface area (Å²) in [5.41, 5.74) is 3.53. The summed E-state index contributed by atoms with van der Waals surface area (Å²) in [5.74, 6) is -6.70. The van der Waals surface area contributed by atoms with Crippen molar-refractivity contribution in [1.82, 2.24) is 9.80 Å². The first-order valence-electron chi connectivity index (χ1n) is 12.6. The largest absolute Gasteiger partial charge is 0.508 e. The third-order valence-electron chi connectivity index (χ3n) is 8.07. The van der Waals surface area contributed by atoms with Gasteiger partial charge in [-0.2, -0.15) is 0 Å². The van der Waals surface area contributed by atoms with E-state index >= 15 is 0 Å². The van der Waals surface area contributed by atoms with Crippen LogP contribution in [0, 0.1) is 11.8 Å². The van der Waals surface area contributed by atoms with Crippen LogP contribution in [0.1, 0.15) is 28.7 Å². The molecule has 39 heavy (non-hydrogen) atoms. The summed E-state index contributed by atoms with van der Waals surface area (Å²) >= 11 is 0. The second-order valence-electron chi connectivity index (χ2n) is 10.8. The van der Waals surface area contributed by atoms with Gasteiger partial charge in [-0.1, -0.05) is 6.08 Å². The van der Waals surface area contributed by atoms with E-state index in [0.717, 1.165) is 0 Å². The highest BCUT2D eigenvalue weighted by Gasteiger charge is 2.64. The predicted octanol–water partition coefficient (Wildman–Crippen LogP) is 0.728. The number of amides is 1. The lowest BCUT2D eigenvalue weighted by Gasteiger charge is -2.50. The highest BCUT2D eigenvalue weighted by Crippen LogP contribution is 2.53. The van der Waals surface area contributed by atoms with Gasteiger partial charge in [-0.15, -0.1) is 6.58 Å². The molecule has 4 atom stereocenters. The number of carbonyl (C=O) groups is 3. The topological polar surface area (TPSA) is 174 Å². The Hall–Kier alpha value is -3.51. The number of hydrogen-bond acceptors (Lipinski definition) is 10. The van der Waals surface area contributed by atoms with E-state index in [1.165, 1.54) is 12.0 Å². The quantitative estimate of drug-likeness (QED) is 0.233. The standard InChI is InChI=1S/C28H35N3O8/c1-6-7-31(4)11-14-8-15(12-39-5)16-9-13-10-17-21(30(2)3)24(34)20(27(29)37)26(36)28(17,38)25(35)18(13)23(33)19(16)22(14)32/h6,8,13,17,21,32-33,36,38H,1,7,9-12H2,2-5H3,(H2,29,37)/t13-,17-,21-,28-/m0/s1. The van der Waals surface area contributed by atoms with E-state index in [1.807, 2.05) is 11.9 Å². The Morgan fingerprint density at radius 1 is 1.23 bits per heavy atom. The molecular formula is C28H35N3O8. The van der Waals surface area contributed by atoms with Gasteiger partial charge in [-0.25, -0.2) is 0 Å². The summed E-state index contributed by atoms with van der Waals surface area (Å²) in [6, 6.07) is 0.675. The third-order valence-corrected chi connectivity index (χ3v) is 8.07. The molecule has 0 bridgehead atoms. The van der Waals surface area contributed by atoms with Crippen molar-refractivity contribution in [3.05, 3.63) is 57.9 Å². The molecule has 3 aliphatic rings. The van der Waals surface area contributed by atoms with E-state index in [2.05, 4.69) is 6.58 Å². The number of nitrogens with two attached hydrogens (primary N) is 1. The van der Waals surface area contributed by atoms with Crippen molar-refractivity contribution in [2.75, 3.05) is 34.8 Å². The lowest BCUT2D eigenvalue weighted by Crippen LogP contribution is -2.65. The number of ketones is 2. The normalized spacial score (nSPS) is 26.6. The lowest BCUT2D eigenvalue weighted by atomic mass is 9.57. The number of fused-ring (bicyclic) bond motifs is 3. The Kier molecular flexibility index (Phi) is 7.48. The number of benzene rings is 1. The Bertz CT molecular complexity index is 1330. The van der Waals surface area contributed by atoms with Gasteiger partial charge in [-0.05, 0) is 57.1 Å². The number of methoxy groups -OCH3 is 1. The van der Waals surface area contributed by atoms with Crippen molar-refractivity contribution in [2.45, 2.75) is 37.6 Å². The smallest absolute Gasteiger partial charge is 0.255 e. The van der Waals surface area contributed by atoms with E-state index in [-0.39, 0.29) is 36.3 Å². The molecule has 0 radical (unpaired) electrons. The summed E-state index contributed by atoms with van der Waals surface area (Å²) in [4.78, 5) is 42.7. The molecule has 0 spiro atoms. The predicted molar refractivity (Wildman–Crippen MR) is 141 cm³/mol. The Labute approximate surface area is 226 Å². The number of hydrogen-bond donors (Lipinski definition) is 5. The van der Waals surface area contributed by atoms with Crippen molar-refractivity contribution in [1.29, 1.82) is 0 Å². The number of aliphatic hydroxyl groups excluding tert-OH is 2. The first-order valence-corrected chi connectivity index (χ1v) is 12.6. The molecule has 1 fully saturated rings. The molecule has 11 heteroatoms. The number of rotatable bonds is 8. The number of phenolic OH excluding ortho intramolecular Hbond substituents is 1. The fraction of sp³-hybridized carbons (Fsp3) is 0.464. The van der Waals surface area contributed by atoms with Crippen LogP contribution in [-0.4, -0.2) is 94.1 Å². The number of carbonyl (C=O) groups excluding carboxylic acids is 3. The average Bonchev–Trinajstić information content (AvgIpc) is 2.84. The maximum atomic E-state index is 14.0. The summed E-state index contributed by atoms with van der Waals surface area (Å²) in [6.45, 7) is 4.75. The summed E-state index contributed by atoms with van der Waals surface area (Å²) in [7, 11) is 6.49. The number of aliphatic hydroxyl groups is 3. The van der Waals surface area contributed by atoms with E-state index in [1.54, 1.807) is 26.2 Å². The summed E-state index contributed by atoms with van der Waals surface area (Å²) in [6.07, 6.45) is 1.95. The van der Waals surface area contributed by atoms with Crippen LogP contribution in [0.4, 0.5) is 0 Å². The maximum Gasteiger partial charge on any atom is 0.255 e. The molecule has 0 aromatic heterocycles. The first-order chi connectivity index (χ1) is 18.3.